The summed E-state index contributed by atoms with van der Waals surface area (Å²) < 4.78 is 11.2. The van der Waals surface area contributed by atoms with E-state index < -0.39 is 8.32 Å². The van der Waals surface area contributed by atoms with Crippen molar-refractivity contribution in [3.63, 3.8) is 0 Å². The Labute approximate surface area is 87.7 Å². The van der Waals surface area contributed by atoms with E-state index in [0.717, 1.165) is 24.4 Å². The van der Waals surface area contributed by atoms with Crippen molar-refractivity contribution in [3.8, 4) is 0 Å². The van der Waals surface area contributed by atoms with Gasteiger partial charge in [0.2, 0.25) is 8.32 Å². The number of rotatable bonds is 3. The van der Waals surface area contributed by atoms with Crippen molar-refractivity contribution in [2.24, 2.45) is 0 Å². The predicted molar refractivity (Wildman–Crippen MR) is 61.5 cm³/mol. The molecule has 0 aromatic carbocycles. The first-order valence-corrected chi connectivity index (χ1v) is 8.46. The van der Waals surface area contributed by atoms with E-state index in [-0.39, 0.29) is 0 Å². The van der Waals surface area contributed by atoms with E-state index in [1.54, 1.807) is 7.11 Å². The Bertz CT molecular complexity index is 272. The zero-order valence-electron chi connectivity index (χ0n) is 9.81. The molecule has 0 aromatic heterocycles. The van der Waals surface area contributed by atoms with Gasteiger partial charge in [-0.05, 0) is 38.6 Å². The molecule has 1 aliphatic rings. The zero-order valence-corrected chi connectivity index (χ0v) is 10.8. The second-order valence-electron chi connectivity index (χ2n) is 4.67. The summed E-state index contributed by atoms with van der Waals surface area (Å²) in [6, 6.07) is 0. The molecule has 0 radical (unpaired) electrons. The third-order valence-corrected chi connectivity index (χ3v) is 2.97. The fourth-order valence-corrected chi connectivity index (χ4v) is 2.28. The van der Waals surface area contributed by atoms with Crippen LogP contribution in [0.25, 0.3) is 0 Å². The van der Waals surface area contributed by atoms with Crippen LogP contribution in [0.3, 0.4) is 0 Å². The van der Waals surface area contributed by atoms with Gasteiger partial charge >= 0.3 is 0 Å². The largest absolute Gasteiger partial charge is 0.544 e. The molecule has 0 spiro atoms. The molecular formula is C11H20O2Si. The molecule has 3 heteroatoms. The van der Waals surface area contributed by atoms with E-state index >= 15 is 0 Å². The smallest absolute Gasteiger partial charge is 0.242 e. The summed E-state index contributed by atoms with van der Waals surface area (Å²) in [6.45, 7) is 8.73. The lowest BCUT2D eigenvalue weighted by atomic mass is 10.0. The van der Waals surface area contributed by atoms with Crippen molar-refractivity contribution in [2.75, 3.05) is 7.11 Å². The standard InChI is InChI=1S/C11H20O2Si/c1-9-6-7-10(12-2)8-11(9)13-14(3,4)5/h8H,6-7H2,1-5H3. The van der Waals surface area contributed by atoms with Crippen LogP contribution in [0, 0.1) is 0 Å². The van der Waals surface area contributed by atoms with Crippen LogP contribution in [-0.4, -0.2) is 15.4 Å². The van der Waals surface area contributed by atoms with Gasteiger partial charge in [0.25, 0.3) is 0 Å². The molecule has 80 valence electrons. The van der Waals surface area contributed by atoms with Crippen LogP contribution in [0.4, 0.5) is 0 Å². The highest BCUT2D eigenvalue weighted by Crippen LogP contribution is 2.26. The Hall–Kier alpha value is -0.703. The van der Waals surface area contributed by atoms with E-state index in [2.05, 4.69) is 26.6 Å². The molecule has 2 nitrogen and oxygen atoms in total. The second kappa shape index (κ2) is 4.21. The highest BCUT2D eigenvalue weighted by atomic mass is 28.4. The van der Waals surface area contributed by atoms with Gasteiger partial charge in [-0.3, -0.25) is 0 Å². The molecule has 1 rings (SSSR count). The SMILES string of the molecule is COC1=CC(O[Si](C)(C)C)=C(C)CC1. The van der Waals surface area contributed by atoms with Crippen molar-refractivity contribution >= 4 is 8.32 Å². The molecule has 1 aliphatic carbocycles. The fraction of sp³-hybridized carbons (Fsp3) is 0.636. The van der Waals surface area contributed by atoms with Crippen LogP contribution in [0.5, 0.6) is 0 Å². The summed E-state index contributed by atoms with van der Waals surface area (Å²) in [4.78, 5) is 0. The summed E-state index contributed by atoms with van der Waals surface area (Å²) >= 11 is 0. The molecule has 0 atom stereocenters. The van der Waals surface area contributed by atoms with Crippen LogP contribution in [-0.2, 0) is 9.16 Å². The molecule has 14 heavy (non-hydrogen) atoms. The Morgan fingerprint density at radius 1 is 1.21 bits per heavy atom. The highest BCUT2D eigenvalue weighted by Gasteiger charge is 2.20. The molecule has 0 amide bonds. The molecule has 0 heterocycles. The summed E-state index contributed by atoms with van der Waals surface area (Å²) in [6.07, 6.45) is 4.09. The molecular weight excluding hydrogens is 192 g/mol. The summed E-state index contributed by atoms with van der Waals surface area (Å²) in [5, 5.41) is 0. The molecule has 0 bridgehead atoms. The highest BCUT2D eigenvalue weighted by molar-refractivity contribution is 6.70. The van der Waals surface area contributed by atoms with E-state index in [1.165, 1.54) is 5.57 Å². The fourth-order valence-electron chi connectivity index (χ4n) is 1.38. The van der Waals surface area contributed by atoms with Crippen LogP contribution in [0.2, 0.25) is 19.6 Å². The van der Waals surface area contributed by atoms with E-state index in [1.807, 2.05) is 6.08 Å². The van der Waals surface area contributed by atoms with Gasteiger partial charge in [-0.25, -0.2) is 0 Å². The van der Waals surface area contributed by atoms with Crippen LogP contribution < -0.4 is 0 Å². The van der Waals surface area contributed by atoms with Gasteiger partial charge in [-0.1, -0.05) is 0 Å². The third-order valence-electron chi connectivity index (χ3n) is 2.14. The normalized spacial score (nSPS) is 17.9. The maximum Gasteiger partial charge on any atom is 0.242 e. The van der Waals surface area contributed by atoms with E-state index in [0.29, 0.717) is 0 Å². The quantitative estimate of drug-likeness (QED) is 0.667. The van der Waals surface area contributed by atoms with Crippen LogP contribution in [0.15, 0.2) is 23.2 Å². The molecule has 0 N–H and O–H groups in total. The van der Waals surface area contributed by atoms with Gasteiger partial charge in [0.05, 0.1) is 12.9 Å². The second-order valence-corrected chi connectivity index (χ2v) is 9.10. The topological polar surface area (TPSA) is 18.5 Å². The third kappa shape index (κ3) is 3.22. The van der Waals surface area contributed by atoms with Crippen molar-refractivity contribution in [2.45, 2.75) is 39.4 Å². The minimum atomic E-state index is -1.49. The maximum atomic E-state index is 5.99. The van der Waals surface area contributed by atoms with Gasteiger partial charge in [0.15, 0.2) is 0 Å². The lowest BCUT2D eigenvalue weighted by Gasteiger charge is -2.25. The Morgan fingerprint density at radius 2 is 1.86 bits per heavy atom. The van der Waals surface area contributed by atoms with E-state index in [9.17, 15) is 0 Å². The summed E-state index contributed by atoms with van der Waals surface area (Å²) in [7, 11) is 0.234. The van der Waals surface area contributed by atoms with Gasteiger partial charge in [-0.2, -0.15) is 0 Å². The average molecular weight is 212 g/mol. The minimum absolute atomic E-state index is 1.00. The lowest BCUT2D eigenvalue weighted by molar-refractivity contribution is 0.269. The van der Waals surface area contributed by atoms with Crippen molar-refractivity contribution in [1.82, 2.24) is 0 Å². The van der Waals surface area contributed by atoms with E-state index in [4.69, 9.17) is 9.16 Å². The monoisotopic (exact) mass is 212 g/mol. The Morgan fingerprint density at radius 3 is 2.36 bits per heavy atom. The summed E-state index contributed by atoms with van der Waals surface area (Å²) in [5.74, 6) is 2.07. The van der Waals surface area contributed by atoms with Crippen LogP contribution >= 0.6 is 0 Å². The zero-order chi connectivity index (χ0) is 10.8. The van der Waals surface area contributed by atoms with Crippen molar-refractivity contribution < 1.29 is 9.16 Å². The number of methoxy groups -OCH3 is 1. The number of hydrogen-bond acceptors (Lipinski definition) is 2. The van der Waals surface area contributed by atoms with Gasteiger partial charge < -0.3 is 9.16 Å². The average Bonchev–Trinajstić information content (AvgIpc) is 2.06. The Kier molecular flexibility index (Phi) is 3.42. The first kappa shape index (κ1) is 11.4. The summed E-state index contributed by atoms with van der Waals surface area (Å²) in [5.41, 5.74) is 1.34. The number of hydrogen-bond donors (Lipinski definition) is 0. The first-order valence-electron chi connectivity index (χ1n) is 5.06. The van der Waals surface area contributed by atoms with Crippen molar-refractivity contribution in [3.05, 3.63) is 23.2 Å². The predicted octanol–water partition coefficient (Wildman–Crippen LogP) is 3.44. The lowest BCUT2D eigenvalue weighted by Crippen LogP contribution is -2.25. The van der Waals surface area contributed by atoms with Gasteiger partial charge in [0.1, 0.15) is 5.76 Å². The number of ether oxygens (including phenoxy) is 1. The molecule has 0 saturated carbocycles. The molecule has 0 unspecified atom stereocenters. The Balaban J connectivity index is 2.80. The van der Waals surface area contributed by atoms with Crippen LogP contribution in [0.1, 0.15) is 19.8 Å². The maximum absolute atomic E-state index is 5.99. The minimum Gasteiger partial charge on any atom is -0.544 e. The first-order chi connectivity index (χ1) is 6.42. The van der Waals surface area contributed by atoms with Gasteiger partial charge in [0, 0.05) is 12.5 Å². The van der Waals surface area contributed by atoms with Gasteiger partial charge in [-0.15, -0.1) is 0 Å². The number of allylic oxidation sites excluding steroid dienone is 3. The molecule has 0 aromatic rings. The van der Waals surface area contributed by atoms with Crippen molar-refractivity contribution in [1.29, 1.82) is 0 Å². The molecule has 0 aliphatic heterocycles. The molecule has 0 fully saturated rings. The molecule has 0 saturated heterocycles.